The van der Waals surface area contributed by atoms with Crippen LogP contribution in [0.1, 0.15) is 42.3 Å². The van der Waals surface area contributed by atoms with E-state index < -0.39 is 0 Å². The fourth-order valence-electron chi connectivity index (χ4n) is 3.56. The van der Waals surface area contributed by atoms with E-state index in [0.717, 1.165) is 46.1 Å². The molecule has 6 heteroatoms. The fraction of sp³-hybridized carbons (Fsp3) is 0.391. The second-order valence-electron chi connectivity index (χ2n) is 7.32. The van der Waals surface area contributed by atoms with Crippen LogP contribution in [0.2, 0.25) is 0 Å². The predicted molar refractivity (Wildman–Crippen MR) is 123 cm³/mol. The summed E-state index contributed by atoms with van der Waals surface area (Å²) in [5.41, 5.74) is 3.43. The summed E-state index contributed by atoms with van der Waals surface area (Å²) >= 11 is 5.23. The molecule has 1 aromatic carbocycles. The quantitative estimate of drug-likeness (QED) is 0.408. The Morgan fingerprint density at radius 2 is 1.86 bits per heavy atom. The first-order chi connectivity index (χ1) is 14.2. The van der Waals surface area contributed by atoms with Crippen LogP contribution in [0.3, 0.4) is 0 Å². The van der Waals surface area contributed by atoms with Crippen molar-refractivity contribution in [2.75, 3.05) is 18.0 Å². The second-order valence-corrected chi connectivity index (χ2v) is 9.32. The first kappa shape index (κ1) is 20.5. The summed E-state index contributed by atoms with van der Waals surface area (Å²) in [6, 6.07) is 12.5. The van der Waals surface area contributed by atoms with Crippen LogP contribution >= 0.6 is 27.3 Å². The molecule has 0 amide bonds. The molecule has 4 rings (SSSR count). The molecule has 0 aliphatic carbocycles. The van der Waals surface area contributed by atoms with Gasteiger partial charge in [0.15, 0.2) is 0 Å². The van der Waals surface area contributed by atoms with Crippen molar-refractivity contribution in [2.45, 2.75) is 45.8 Å². The number of halogens is 1. The van der Waals surface area contributed by atoms with Crippen LogP contribution in [0.25, 0.3) is 10.6 Å². The lowest BCUT2D eigenvalue weighted by Gasteiger charge is -2.27. The zero-order chi connectivity index (χ0) is 20.1. The van der Waals surface area contributed by atoms with E-state index in [1.54, 1.807) is 11.3 Å². The number of aryl methyl sites for hydroxylation is 1. The Balaban J connectivity index is 1.54. The highest BCUT2D eigenvalue weighted by molar-refractivity contribution is 9.10. The van der Waals surface area contributed by atoms with Crippen molar-refractivity contribution < 1.29 is 4.74 Å². The molecule has 0 saturated carbocycles. The molecule has 3 heterocycles. The van der Waals surface area contributed by atoms with Gasteiger partial charge in [0.1, 0.15) is 10.8 Å². The van der Waals surface area contributed by atoms with Crippen molar-refractivity contribution in [3.05, 3.63) is 63.2 Å². The van der Waals surface area contributed by atoms with E-state index in [4.69, 9.17) is 9.72 Å². The van der Waals surface area contributed by atoms with Crippen molar-refractivity contribution in [3.63, 3.8) is 0 Å². The normalized spacial score (nSPS) is 14.3. The molecule has 3 aromatic rings. The van der Waals surface area contributed by atoms with Gasteiger partial charge in [-0.2, -0.15) is 0 Å². The van der Waals surface area contributed by atoms with E-state index in [2.05, 4.69) is 69.1 Å². The molecule has 152 valence electrons. The number of thiazole rings is 1. The molecule has 1 aliphatic heterocycles. The van der Waals surface area contributed by atoms with E-state index in [0.29, 0.717) is 13.2 Å². The van der Waals surface area contributed by atoms with Gasteiger partial charge >= 0.3 is 0 Å². The predicted octanol–water partition coefficient (Wildman–Crippen LogP) is 6.24. The highest BCUT2D eigenvalue weighted by Gasteiger charge is 2.20. The first-order valence-corrected chi connectivity index (χ1v) is 11.9. The third kappa shape index (κ3) is 5.24. The van der Waals surface area contributed by atoms with Crippen LogP contribution in [0.4, 0.5) is 5.82 Å². The van der Waals surface area contributed by atoms with Crippen LogP contribution in [0.5, 0.6) is 0 Å². The topological polar surface area (TPSA) is 38.2 Å². The molecular weight excluding hydrogens is 446 g/mol. The maximum atomic E-state index is 6.09. The van der Waals surface area contributed by atoms with Gasteiger partial charge in [-0.1, -0.05) is 35.0 Å². The van der Waals surface area contributed by atoms with Crippen LogP contribution in [-0.2, 0) is 24.4 Å². The fourth-order valence-corrected chi connectivity index (χ4v) is 4.84. The lowest BCUT2D eigenvalue weighted by molar-refractivity contribution is 0.109. The van der Waals surface area contributed by atoms with Crippen molar-refractivity contribution in [1.82, 2.24) is 9.97 Å². The summed E-state index contributed by atoms with van der Waals surface area (Å²) in [5.74, 6) is 1.11. The molecule has 0 atom stereocenters. The average molecular weight is 472 g/mol. The van der Waals surface area contributed by atoms with Gasteiger partial charge in [-0.15, -0.1) is 11.3 Å². The number of ether oxygens (including phenoxy) is 1. The van der Waals surface area contributed by atoms with Crippen LogP contribution < -0.4 is 4.90 Å². The Morgan fingerprint density at radius 3 is 2.62 bits per heavy atom. The van der Waals surface area contributed by atoms with Crippen molar-refractivity contribution in [3.8, 4) is 10.6 Å². The lowest BCUT2D eigenvalue weighted by Crippen LogP contribution is -2.30. The molecule has 4 nitrogen and oxygen atoms in total. The minimum absolute atomic E-state index is 0.589. The summed E-state index contributed by atoms with van der Waals surface area (Å²) in [4.78, 5) is 13.1. The van der Waals surface area contributed by atoms with Gasteiger partial charge < -0.3 is 9.64 Å². The van der Waals surface area contributed by atoms with E-state index >= 15 is 0 Å². The number of rotatable bonds is 7. The monoisotopic (exact) mass is 471 g/mol. The minimum atomic E-state index is 0.589. The Morgan fingerprint density at radius 1 is 1.07 bits per heavy atom. The summed E-state index contributed by atoms with van der Waals surface area (Å²) in [6.07, 6.45) is 6.61. The van der Waals surface area contributed by atoms with Crippen LogP contribution in [0.15, 0.2) is 47.1 Å². The second kappa shape index (κ2) is 9.83. The molecule has 0 bridgehead atoms. The number of hydrogen-bond donors (Lipinski definition) is 0. The molecule has 0 spiro atoms. The molecule has 29 heavy (non-hydrogen) atoms. The third-order valence-electron chi connectivity index (χ3n) is 5.17. The van der Waals surface area contributed by atoms with Crippen molar-refractivity contribution >= 4 is 33.1 Å². The summed E-state index contributed by atoms with van der Waals surface area (Å²) in [5, 5.41) is 1.06. The highest BCUT2D eigenvalue weighted by Crippen LogP contribution is 2.35. The van der Waals surface area contributed by atoms with Gasteiger partial charge in [0.25, 0.3) is 0 Å². The molecule has 0 unspecified atom stereocenters. The van der Waals surface area contributed by atoms with Gasteiger partial charge in [-0.05, 0) is 55.5 Å². The van der Waals surface area contributed by atoms with Gasteiger partial charge in [-0.25, -0.2) is 4.98 Å². The number of nitrogens with zero attached hydrogens (tertiary/aromatic N) is 3. The maximum Gasteiger partial charge on any atom is 0.145 e. The lowest BCUT2D eigenvalue weighted by atomic mass is 10.1. The van der Waals surface area contributed by atoms with E-state index in [9.17, 15) is 0 Å². The molecular formula is C23H26BrN3OS. The van der Waals surface area contributed by atoms with Crippen molar-refractivity contribution in [2.24, 2.45) is 0 Å². The molecule has 1 saturated heterocycles. The summed E-state index contributed by atoms with van der Waals surface area (Å²) < 4.78 is 7.17. The van der Waals surface area contributed by atoms with Crippen LogP contribution in [-0.4, -0.2) is 23.1 Å². The van der Waals surface area contributed by atoms with Crippen LogP contribution in [0, 0.1) is 0 Å². The molecule has 2 aromatic heterocycles. The highest BCUT2D eigenvalue weighted by atomic mass is 79.9. The molecule has 0 N–H and O–H groups in total. The molecule has 0 radical (unpaired) electrons. The number of benzene rings is 1. The maximum absolute atomic E-state index is 6.09. The molecule has 1 aliphatic rings. The Hall–Kier alpha value is -1.76. The Labute approximate surface area is 185 Å². The zero-order valence-electron chi connectivity index (χ0n) is 16.7. The number of pyridine rings is 1. The standard InChI is InChI=1S/C23H26BrN3OS/c1-2-20-14-18(10-11-25-20)23-26-22(27-12-4-3-5-13-27)21(29-23)16-28-15-17-6-8-19(24)9-7-17/h6-11,14H,2-5,12-13,15-16H2,1H3. The number of piperidine rings is 1. The van der Waals surface area contributed by atoms with Gasteiger partial charge in [0.2, 0.25) is 0 Å². The number of aromatic nitrogens is 2. The number of hydrogen-bond acceptors (Lipinski definition) is 5. The van der Waals surface area contributed by atoms with Crippen molar-refractivity contribution in [1.29, 1.82) is 0 Å². The van der Waals surface area contributed by atoms with E-state index in [-0.39, 0.29) is 0 Å². The minimum Gasteiger partial charge on any atom is -0.371 e. The third-order valence-corrected chi connectivity index (χ3v) is 6.77. The SMILES string of the molecule is CCc1cc(-c2nc(N3CCCCC3)c(COCc3ccc(Br)cc3)s2)ccn1. The Bertz CT molecular complexity index is 936. The van der Waals surface area contributed by atoms with Gasteiger partial charge in [0.05, 0.1) is 18.1 Å². The van der Waals surface area contributed by atoms with Gasteiger partial charge in [0, 0.05) is 35.0 Å². The Kier molecular flexibility index (Phi) is 6.95. The smallest absolute Gasteiger partial charge is 0.145 e. The van der Waals surface area contributed by atoms with E-state index in [1.807, 2.05) is 6.20 Å². The summed E-state index contributed by atoms with van der Waals surface area (Å²) in [7, 11) is 0. The largest absolute Gasteiger partial charge is 0.371 e. The van der Waals surface area contributed by atoms with Gasteiger partial charge in [-0.3, -0.25) is 4.98 Å². The zero-order valence-corrected chi connectivity index (χ0v) is 19.1. The summed E-state index contributed by atoms with van der Waals surface area (Å²) in [6.45, 7) is 5.49. The number of anilines is 1. The average Bonchev–Trinajstić information content (AvgIpc) is 3.20. The first-order valence-electron chi connectivity index (χ1n) is 10.2. The molecule has 1 fully saturated rings. The van der Waals surface area contributed by atoms with E-state index in [1.165, 1.54) is 29.7 Å².